The van der Waals surface area contributed by atoms with Crippen LogP contribution < -0.4 is 25.2 Å². The molecular formula is C22H24FN3O2S. The molecule has 0 saturated heterocycles. The van der Waals surface area contributed by atoms with Crippen molar-refractivity contribution in [2.75, 3.05) is 37.3 Å². The number of hydrogen-bond acceptors (Lipinski definition) is 6. The van der Waals surface area contributed by atoms with E-state index >= 15 is 0 Å². The summed E-state index contributed by atoms with van der Waals surface area (Å²) in [6, 6.07) is 18.2. The minimum absolute atomic E-state index is 0.307. The number of methoxy groups -OCH3 is 2. The lowest BCUT2D eigenvalue weighted by atomic mass is 10.0. The summed E-state index contributed by atoms with van der Waals surface area (Å²) in [7, 11) is 3.18. The molecule has 0 saturated carbocycles. The van der Waals surface area contributed by atoms with Gasteiger partial charge in [-0.3, -0.25) is 0 Å². The molecule has 3 aromatic carbocycles. The molecule has 29 heavy (non-hydrogen) atoms. The predicted molar refractivity (Wildman–Crippen MR) is 118 cm³/mol. The normalized spacial score (nSPS) is 10.5. The highest BCUT2D eigenvalue weighted by Crippen LogP contribution is 2.36. The van der Waals surface area contributed by atoms with Crippen LogP contribution in [0.25, 0.3) is 11.1 Å². The summed E-state index contributed by atoms with van der Waals surface area (Å²) in [5.74, 6) is 0.997. The summed E-state index contributed by atoms with van der Waals surface area (Å²) >= 11 is 1.40. The van der Waals surface area contributed by atoms with Crippen LogP contribution in [0.4, 0.5) is 15.8 Å². The highest BCUT2D eigenvalue weighted by Gasteiger charge is 2.11. The Kier molecular flexibility index (Phi) is 7.21. The fourth-order valence-electron chi connectivity index (χ4n) is 2.80. The lowest BCUT2D eigenvalue weighted by Gasteiger charge is -2.13. The topological polar surface area (TPSA) is 68.5 Å². The van der Waals surface area contributed by atoms with E-state index < -0.39 is 0 Å². The van der Waals surface area contributed by atoms with E-state index in [0.29, 0.717) is 30.2 Å². The zero-order valence-corrected chi connectivity index (χ0v) is 17.2. The number of ether oxygens (including phenoxy) is 2. The number of halogens is 1. The van der Waals surface area contributed by atoms with Gasteiger partial charge in [-0.25, -0.2) is 4.39 Å². The van der Waals surface area contributed by atoms with Crippen LogP contribution in [0.1, 0.15) is 0 Å². The fraction of sp³-hybridized carbons (Fsp3) is 0.182. The van der Waals surface area contributed by atoms with Crippen LogP contribution in [-0.2, 0) is 0 Å². The van der Waals surface area contributed by atoms with Crippen LogP contribution in [0.5, 0.6) is 11.5 Å². The van der Waals surface area contributed by atoms with Gasteiger partial charge in [-0.05, 0) is 66.0 Å². The van der Waals surface area contributed by atoms with E-state index in [1.54, 1.807) is 26.4 Å². The molecule has 3 aromatic rings. The molecule has 0 radical (unpaired) electrons. The largest absolute Gasteiger partial charge is 0.497 e. The molecule has 3 rings (SSSR count). The molecule has 4 N–H and O–H groups in total. The van der Waals surface area contributed by atoms with E-state index in [-0.39, 0.29) is 5.82 Å². The van der Waals surface area contributed by atoms with E-state index in [0.717, 1.165) is 21.8 Å². The van der Waals surface area contributed by atoms with Gasteiger partial charge in [-0.1, -0.05) is 12.1 Å². The minimum Gasteiger partial charge on any atom is -0.497 e. The minimum atomic E-state index is -0.307. The van der Waals surface area contributed by atoms with Crippen molar-refractivity contribution >= 4 is 23.3 Å². The second-order valence-corrected chi connectivity index (χ2v) is 7.06. The van der Waals surface area contributed by atoms with Crippen molar-refractivity contribution < 1.29 is 13.9 Å². The third kappa shape index (κ3) is 5.34. The van der Waals surface area contributed by atoms with Gasteiger partial charge in [-0.2, -0.15) is 0 Å². The van der Waals surface area contributed by atoms with Crippen LogP contribution in [0, 0.1) is 5.82 Å². The van der Waals surface area contributed by atoms with Crippen molar-refractivity contribution in [3.8, 4) is 22.6 Å². The molecular weight excluding hydrogens is 389 g/mol. The Labute approximate surface area is 174 Å². The molecule has 0 unspecified atom stereocenters. The smallest absolute Gasteiger partial charge is 0.134 e. The maximum absolute atomic E-state index is 14.4. The predicted octanol–water partition coefficient (Wildman–Crippen LogP) is 5.00. The van der Waals surface area contributed by atoms with Crippen molar-refractivity contribution in [1.29, 1.82) is 0 Å². The Bertz CT molecular complexity index is 969. The molecule has 5 nitrogen and oxygen atoms in total. The molecule has 0 aliphatic rings. The number of nitrogens with one attached hydrogen (secondary N) is 2. The van der Waals surface area contributed by atoms with Gasteiger partial charge >= 0.3 is 0 Å². The molecule has 0 aliphatic heterocycles. The molecule has 0 aliphatic carbocycles. The van der Waals surface area contributed by atoms with Crippen LogP contribution in [-0.4, -0.2) is 27.3 Å². The zero-order valence-electron chi connectivity index (χ0n) is 16.4. The molecule has 0 fully saturated rings. The van der Waals surface area contributed by atoms with Gasteiger partial charge < -0.3 is 25.2 Å². The van der Waals surface area contributed by atoms with Crippen LogP contribution in [0.3, 0.4) is 0 Å². The number of rotatable bonds is 9. The van der Waals surface area contributed by atoms with E-state index in [1.807, 2.05) is 42.5 Å². The molecule has 0 aromatic heterocycles. The van der Waals surface area contributed by atoms with Gasteiger partial charge in [0.25, 0.3) is 0 Å². The number of nitrogens with two attached hydrogens (primary N) is 1. The monoisotopic (exact) mass is 413 g/mol. The van der Waals surface area contributed by atoms with Gasteiger partial charge in [0.15, 0.2) is 0 Å². The van der Waals surface area contributed by atoms with Crippen molar-refractivity contribution in [3.63, 3.8) is 0 Å². The van der Waals surface area contributed by atoms with Gasteiger partial charge in [0.1, 0.15) is 17.3 Å². The second-order valence-electron chi connectivity index (χ2n) is 6.21. The fourth-order valence-corrected chi connectivity index (χ4v) is 3.59. The lowest BCUT2D eigenvalue weighted by Crippen LogP contribution is -2.12. The van der Waals surface area contributed by atoms with Gasteiger partial charge in [0, 0.05) is 30.0 Å². The Morgan fingerprint density at radius 2 is 1.79 bits per heavy atom. The number of anilines is 2. The highest BCUT2D eigenvalue weighted by molar-refractivity contribution is 8.00. The first-order valence-electron chi connectivity index (χ1n) is 9.13. The van der Waals surface area contributed by atoms with Crippen molar-refractivity contribution in [2.24, 2.45) is 5.73 Å². The quantitative estimate of drug-likeness (QED) is 0.429. The average molecular weight is 414 g/mol. The Morgan fingerprint density at radius 1 is 0.966 bits per heavy atom. The Hall–Kier alpha value is -2.90. The van der Waals surface area contributed by atoms with Crippen molar-refractivity contribution in [3.05, 3.63) is 66.5 Å². The van der Waals surface area contributed by atoms with Crippen molar-refractivity contribution in [1.82, 2.24) is 0 Å². The van der Waals surface area contributed by atoms with E-state index in [9.17, 15) is 4.39 Å². The first-order valence-corrected chi connectivity index (χ1v) is 9.95. The first-order chi connectivity index (χ1) is 14.1. The van der Waals surface area contributed by atoms with E-state index in [2.05, 4.69) is 10.0 Å². The zero-order chi connectivity index (χ0) is 20.6. The molecule has 0 atom stereocenters. The summed E-state index contributed by atoms with van der Waals surface area (Å²) in [6.45, 7) is 1.27. The molecule has 0 heterocycles. The number of benzene rings is 3. The molecule has 0 spiro atoms. The summed E-state index contributed by atoms with van der Waals surface area (Å²) in [5.41, 5.74) is 8.67. The third-order valence-electron chi connectivity index (χ3n) is 4.26. The van der Waals surface area contributed by atoms with Crippen LogP contribution in [0.2, 0.25) is 0 Å². The summed E-state index contributed by atoms with van der Waals surface area (Å²) in [4.78, 5) is 0.840. The van der Waals surface area contributed by atoms with Gasteiger partial charge in [0.2, 0.25) is 0 Å². The highest BCUT2D eigenvalue weighted by atomic mass is 32.2. The Balaban J connectivity index is 1.83. The summed E-state index contributed by atoms with van der Waals surface area (Å²) < 4.78 is 28.4. The number of hydrogen-bond donors (Lipinski definition) is 3. The van der Waals surface area contributed by atoms with Crippen molar-refractivity contribution in [2.45, 2.75) is 4.90 Å². The second kappa shape index (κ2) is 10.0. The Morgan fingerprint density at radius 3 is 2.55 bits per heavy atom. The molecule has 0 bridgehead atoms. The lowest BCUT2D eigenvalue weighted by molar-refractivity contribution is 0.405. The first kappa shape index (κ1) is 20.8. The van der Waals surface area contributed by atoms with Gasteiger partial charge in [0.05, 0.1) is 19.1 Å². The SMILES string of the molecule is COc1ccc(F)c(-c2ccc(OC)c(SNc3cccc(NCCN)c3)c2)c1. The van der Waals surface area contributed by atoms with E-state index in [1.165, 1.54) is 18.0 Å². The van der Waals surface area contributed by atoms with Gasteiger partial charge in [-0.15, -0.1) is 0 Å². The third-order valence-corrected chi connectivity index (χ3v) is 5.14. The maximum Gasteiger partial charge on any atom is 0.134 e. The summed E-state index contributed by atoms with van der Waals surface area (Å²) in [6.07, 6.45) is 0. The van der Waals surface area contributed by atoms with Crippen LogP contribution >= 0.6 is 11.9 Å². The maximum atomic E-state index is 14.4. The molecule has 0 amide bonds. The van der Waals surface area contributed by atoms with E-state index in [4.69, 9.17) is 15.2 Å². The average Bonchev–Trinajstić information content (AvgIpc) is 2.76. The molecule has 7 heteroatoms. The standard InChI is InChI=1S/C22H24FN3O2S/c1-27-18-7-8-20(23)19(14-18)15-6-9-21(28-2)22(12-15)29-26-17-5-3-4-16(13-17)25-11-10-24/h3-9,12-14,25-26H,10-11,24H2,1-2H3. The summed E-state index contributed by atoms with van der Waals surface area (Å²) in [5, 5.41) is 3.25. The molecule has 152 valence electrons. The van der Waals surface area contributed by atoms with Crippen LogP contribution in [0.15, 0.2) is 65.6 Å².